The van der Waals surface area contributed by atoms with Crippen molar-refractivity contribution < 1.29 is 22.7 Å². The van der Waals surface area contributed by atoms with Gasteiger partial charge >= 0.3 is 0 Å². The molecule has 29 heavy (non-hydrogen) atoms. The van der Waals surface area contributed by atoms with Crippen LogP contribution in [0.2, 0.25) is 5.02 Å². The molecule has 156 valence electrons. The molecule has 0 aromatic heterocycles. The van der Waals surface area contributed by atoms with Crippen LogP contribution in [0, 0.1) is 0 Å². The second kappa shape index (κ2) is 9.47. The van der Waals surface area contributed by atoms with E-state index >= 15 is 0 Å². The third-order valence-corrected chi connectivity index (χ3v) is 6.39. The Kier molecular flexibility index (Phi) is 7.00. The summed E-state index contributed by atoms with van der Waals surface area (Å²) >= 11 is 5.94. The molecule has 0 unspecified atom stereocenters. The van der Waals surface area contributed by atoms with Crippen molar-refractivity contribution in [1.82, 2.24) is 4.72 Å². The lowest BCUT2D eigenvalue weighted by Crippen LogP contribution is -2.32. The summed E-state index contributed by atoms with van der Waals surface area (Å²) in [6.45, 7) is -0.248. The van der Waals surface area contributed by atoms with Crippen molar-refractivity contribution in [1.29, 1.82) is 0 Å². The number of hydrogen-bond donors (Lipinski definition) is 2. The molecule has 0 saturated heterocycles. The van der Waals surface area contributed by atoms with Gasteiger partial charge in [0.25, 0.3) is 5.91 Å². The molecular formula is C20H23ClN2O5S. The lowest BCUT2D eigenvalue weighted by atomic mass is 10.3. The standard InChI is InChI=1S/C20H23ClN2O5S/c1-27-19-11-6-14(21)12-18(19)22-20(24)13-28-16-7-9-17(10-8-16)29(25,26)23-15-4-2-3-5-15/h6-12,15,23H,2-5,13H2,1H3,(H,22,24). The van der Waals surface area contributed by atoms with Crippen LogP contribution in [-0.2, 0) is 14.8 Å². The maximum atomic E-state index is 12.4. The fourth-order valence-electron chi connectivity index (χ4n) is 3.16. The predicted octanol–water partition coefficient (Wildman–Crippen LogP) is 3.59. The topological polar surface area (TPSA) is 93.7 Å². The Morgan fingerprint density at radius 1 is 1.14 bits per heavy atom. The van der Waals surface area contributed by atoms with Gasteiger partial charge < -0.3 is 14.8 Å². The normalized spacial score (nSPS) is 14.6. The van der Waals surface area contributed by atoms with Crippen LogP contribution in [0.15, 0.2) is 47.4 Å². The maximum Gasteiger partial charge on any atom is 0.262 e. The number of amides is 1. The molecular weight excluding hydrogens is 416 g/mol. The van der Waals surface area contributed by atoms with Gasteiger partial charge in [0.1, 0.15) is 11.5 Å². The number of sulfonamides is 1. The van der Waals surface area contributed by atoms with Crippen molar-refractivity contribution >= 4 is 33.2 Å². The highest BCUT2D eigenvalue weighted by atomic mass is 35.5. The lowest BCUT2D eigenvalue weighted by molar-refractivity contribution is -0.118. The molecule has 2 aromatic carbocycles. The summed E-state index contributed by atoms with van der Waals surface area (Å²) in [6.07, 6.45) is 3.83. The Hall–Kier alpha value is -2.29. The maximum absolute atomic E-state index is 12.4. The van der Waals surface area contributed by atoms with Crippen LogP contribution in [-0.4, -0.2) is 34.1 Å². The van der Waals surface area contributed by atoms with Crippen LogP contribution in [0.1, 0.15) is 25.7 Å². The molecule has 2 aromatic rings. The summed E-state index contributed by atoms with van der Waals surface area (Å²) in [5.41, 5.74) is 0.438. The third-order valence-electron chi connectivity index (χ3n) is 4.62. The molecule has 0 spiro atoms. The number of hydrogen-bond acceptors (Lipinski definition) is 5. The van der Waals surface area contributed by atoms with Gasteiger partial charge in [-0.05, 0) is 55.3 Å². The smallest absolute Gasteiger partial charge is 0.262 e. The summed E-state index contributed by atoms with van der Waals surface area (Å²) in [5.74, 6) is 0.468. The van der Waals surface area contributed by atoms with Gasteiger partial charge in [-0.3, -0.25) is 4.79 Å². The van der Waals surface area contributed by atoms with Crippen molar-refractivity contribution in [3.63, 3.8) is 0 Å². The highest BCUT2D eigenvalue weighted by molar-refractivity contribution is 7.89. The van der Waals surface area contributed by atoms with Gasteiger partial charge in [0.15, 0.2) is 6.61 Å². The fraction of sp³-hybridized carbons (Fsp3) is 0.350. The third kappa shape index (κ3) is 5.85. The highest BCUT2D eigenvalue weighted by Gasteiger charge is 2.22. The van der Waals surface area contributed by atoms with Gasteiger partial charge in [-0.2, -0.15) is 0 Å². The van der Waals surface area contributed by atoms with E-state index in [0.29, 0.717) is 22.2 Å². The van der Waals surface area contributed by atoms with E-state index in [-0.39, 0.29) is 17.5 Å². The summed E-state index contributed by atoms with van der Waals surface area (Å²) in [6, 6.07) is 10.9. The number of methoxy groups -OCH3 is 1. The van der Waals surface area contributed by atoms with Gasteiger partial charge in [0.05, 0.1) is 17.7 Å². The second-order valence-corrected chi connectivity index (χ2v) is 8.91. The van der Waals surface area contributed by atoms with Gasteiger partial charge in [-0.15, -0.1) is 0 Å². The highest BCUT2D eigenvalue weighted by Crippen LogP contribution is 2.27. The van der Waals surface area contributed by atoms with Crippen LogP contribution in [0.5, 0.6) is 11.5 Å². The summed E-state index contributed by atoms with van der Waals surface area (Å²) < 4.78 is 38.2. The summed E-state index contributed by atoms with van der Waals surface area (Å²) in [7, 11) is -2.06. The first kappa shape index (κ1) is 21.4. The molecule has 0 radical (unpaired) electrons. The Morgan fingerprint density at radius 2 is 1.83 bits per heavy atom. The van der Waals surface area contributed by atoms with E-state index in [1.54, 1.807) is 18.2 Å². The summed E-state index contributed by atoms with van der Waals surface area (Å²) in [5, 5.41) is 3.13. The molecule has 0 atom stereocenters. The molecule has 1 saturated carbocycles. The van der Waals surface area contributed by atoms with Crippen LogP contribution < -0.4 is 19.5 Å². The van der Waals surface area contributed by atoms with Gasteiger partial charge in [-0.1, -0.05) is 24.4 Å². The molecule has 1 aliphatic carbocycles. The minimum absolute atomic E-state index is 0.00287. The van der Waals surface area contributed by atoms with Crippen molar-refractivity contribution in [3.8, 4) is 11.5 Å². The minimum Gasteiger partial charge on any atom is -0.495 e. The number of ether oxygens (including phenoxy) is 2. The van der Waals surface area contributed by atoms with Gasteiger partial charge in [-0.25, -0.2) is 13.1 Å². The van der Waals surface area contributed by atoms with Crippen molar-refractivity contribution in [2.24, 2.45) is 0 Å². The minimum atomic E-state index is -3.56. The van der Waals surface area contributed by atoms with E-state index in [0.717, 1.165) is 25.7 Å². The van der Waals surface area contributed by atoms with Crippen molar-refractivity contribution in [3.05, 3.63) is 47.5 Å². The number of rotatable bonds is 8. The number of anilines is 1. The monoisotopic (exact) mass is 438 g/mol. The number of carbonyl (C=O) groups excluding carboxylic acids is 1. The molecule has 3 rings (SSSR count). The van der Waals surface area contributed by atoms with Gasteiger partial charge in [0.2, 0.25) is 10.0 Å². The fourth-order valence-corrected chi connectivity index (χ4v) is 4.64. The molecule has 1 amide bonds. The molecule has 1 fully saturated rings. The van der Waals surface area contributed by atoms with E-state index < -0.39 is 15.9 Å². The first-order chi connectivity index (χ1) is 13.9. The Morgan fingerprint density at radius 3 is 2.48 bits per heavy atom. The van der Waals surface area contributed by atoms with E-state index in [1.165, 1.54) is 31.4 Å². The first-order valence-corrected chi connectivity index (χ1v) is 11.1. The van der Waals surface area contributed by atoms with E-state index in [4.69, 9.17) is 21.1 Å². The molecule has 2 N–H and O–H groups in total. The van der Waals surface area contributed by atoms with Crippen LogP contribution >= 0.6 is 11.6 Å². The molecule has 9 heteroatoms. The van der Waals surface area contributed by atoms with Crippen LogP contribution in [0.25, 0.3) is 0 Å². The largest absolute Gasteiger partial charge is 0.495 e. The SMILES string of the molecule is COc1ccc(Cl)cc1NC(=O)COc1ccc(S(=O)(=O)NC2CCCC2)cc1. The molecule has 0 heterocycles. The second-order valence-electron chi connectivity index (χ2n) is 6.76. The number of carbonyl (C=O) groups is 1. The van der Waals surface area contributed by atoms with E-state index in [2.05, 4.69) is 10.0 Å². The predicted molar refractivity (Wildman–Crippen MR) is 111 cm³/mol. The zero-order valence-electron chi connectivity index (χ0n) is 16.0. The Balaban J connectivity index is 1.56. The molecule has 7 nitrogen and oxygen atoms in total. The number of benzene rings is 2. The van der Waals surface area contributed by atoms with Crippen LogP contribution in [0.4, 0.5) is 5.69 Å². The van der Waals surface area contributed by atoms with E-state index in [1.807, 2.05) is 0 Å². The zero-order valence-corrected chi connectivity index (χ0v) is 17.6. The molecule has 1 aliphatic rings. The number of nitrogens with one attached hydrogen (secondary N) is 2. The Labute approximate surface area is 175 Å². The molecule has 0 aliphatic heterocycles. The average Bonchev–Trinajstić information content (AvgIpc) is 3.19. The van der Waals surface area contributed by atoms with Crippen molar-refractivity contribution in [2.45, 2.75) is 36.6 Å². The first-order valence-electron chi connectivity index (χ1n) is 9.26. The van der Waals surface area contributed by atoms with Gasteiger partial charge in [0, 0.05) is 11.1 Å². The lowest BCUT2D eigenvalue weighted by Gasteiger charge is -2.13. The summed E-state index contributed by atoms with van der Waals surface area (Å²) in [4.78, 5) is 12.3. The van der Waals surface area contributed by atoms with E-state index in [9.17, 15) is 13.2 Å². The Bertz CT molecular complexity index is 957. The number of halogens is 1. The van der Waals surface area contributed by atoms with Crippen molar-refractivity contribution in [2.75, 3.05) is 19.0 Å². The quantitative estimate of drug-likeness (QED) is 0.656. The zero-order chi connectivity index (χ0) is 20.9. The van der Waals surface area contributed by atoms with Crippen LogP contribution in [0.3, 0.4) is 0 Å². The molecule has 0 bridgehead atoms. The average molecular weight is 439 g/mol.